The number of likely N-dealkylation sites (N-methyl/N-ethyl adjacent to an activating group) is 1. The van der Waals surface area contributed by atoms with Crippen LogP contribution in [0, 0.1) is 10.1 Å². The van der Waals surface area contributed by atoms with E-state index in [1.807, 2.05) is 12.1 Å². The number of nitro benzene ring substituents is 1. The van der Waals surface area contributed by atoms with Gasteiger partial charge in [-0.2, -0.15) is 0 Å². The summed E-state index contributed by atoms with van der Waals surface area (Å²) in [4.78, 5) is 15.3. The fraction of sp³-hybridized carbons (Fsp3) is 0.538. The number of hydrogen-bond donors (Lipinski definition) is 0. The van der Waals surface area contributed by atoms with Crippen LogP contribution < -0.4 is 4.90 Å². The minimum atomic E-state index is -0.312. The van der Waals surface area contributed by atoms with Crippen molar-refractivity contribution in [1.82, 2.24) is 4.90 Å². The van der Waals surface area contributed by atoms with E-state index in [0.29, 0.717) is 17.8 Å². The molecule has 1 saturated heterocycles. The van der Waals surface area contributed by atoms with Gasteiger partial charge in [0.05, 0.1) is 4.92 Å². The molecule has 0 radical (unpaired) electrons. The normalized spacial score (nSPS) is 24.5. The largest absolute Gasteiger partial charge is 0.363 e. The average Bonchev–Trinajstić information content (AvgIpc) is 2.35. The van der Waals surface area contributed by atoms with Gasteiger partial charge in [-0.05, 0) is 33.0 Å². The maximum absolute atomic E-state index is 11.2. The molecule has 0 amide bonds. The van der Waals surface area contributed by atoms with E-state index in [1.54, 1.807) is 6.07 Å². The Morgan fingerprint density at radius 1 is 1.32 bits per heavy atom. The second kappa shape index (κ2) is 5.46. The van der Waals surface area contributed by atoms with Crippen molar-refractivity contribution in [2.24, 2.45) is 0 Å². The molecule has 0 saturated carbocycles. The van der Waals surface area contributed by atoms with Crippen LogP contribution in [-0.2, 0) is 0 Å². The summed E-state index contributed by atoms with van der Waals surface area (Å²) in [5, 5.41) is 11.2. The molecule has 0 spiro atoms. The Hall–Kier alpha value is -1.14. The molecule has 0 aromatic heterocycles. The molecule has 1 aromatic carbocycles. The van der Waals surface area contributed by atoms with Gasteiger partial charge in [-0.1, -0.05) is 15.9 Å². The smallest absolute Gasteiger partial charge is 0.293 e. The van der Waals surface area contributed by atoms with Crippen molar-refractivity contribution in [2.45, 2.75) is 25.9 Å². The van der Waals surface area contributed by atoms with Crippen molar-refractivity contribution in [1.29, 1.82) is 0 Å². The first-order chi connectivity index (χ1) is 8.90. The molecule has 1 heterocycles. The summed E-state index contributed by atoms with van der Waals surface area (Å²) in [6.45, 7) is 5.91. The lowest BCUT2D eigenvalue weighted by Gasteiger charge is -2.43. The molecular weight excluding hydrogens is 310 g/mol. The molecule has 2 atom stereocenters. The van der Waals surface area contributed by atoms with Crippen molar-refractivity contribution in [2.75, 3.05) is 25.0 Å². The molecule has 1 aliphatic rings. The lowest BCUT2D eigenvalue weighted by molar-refractivity contribution is -0.384. The predicted molar refractivity (Wildman–Crippen MR) is 79.7 cm³/mol. The van der Waals surface area contributed by atoms with E-state index < -0.39 is 0 Å². The summed E-state index contributed by atoms with van der Waals surface area (Å²) in [7, 11) is 2.10. The highest BCUT2D eigenvalue weighted by atomic mass is 79.9. The predicted octanol–water partition coefficient (Wildman–Crippen LogP) is 2.89. The third kappa shape index (κ3) is 2.90. The molecule has 0 N–H and O–H groups in total. The van der Waals surface area contributed by atoms with Crippen molar-refractivity contribution in [3.63, 3.8) is 0 Å². The maximum Gasteiger partial charge on any atom is 0.293 e. The molecule has 5 nitrogen and oxygen atoms in total. The molecule has 104 valence electrons. The van der Waals surface area contributed by atoms with Gasteiger partial charge in [0.25, 0.3) is 5.69 Å². The zero-order valence-electron chi connectivity index (χ0n) is 11.3. The van der Waals surface area contributed by atoms with Gasteiger partial charge in [0.1, 0.15) is 5.69 Å². The van der Waals surface area contributed by atoms with E-state index in [1.165, 1.54) is 0 Å². The lowest BCUT2D eigenvalue weighted by Crippen LogP contribution is -2.55. The standard InChI is InChI=1S/C13H18BrN3O2/c1-9-7-16(8-10(2)15(9)3)12-5-4-11(14)6-13(12)17(18)19/h4-6,9-10H,7-8H2,1-3H3/t9-,10+. The maximum atomic E-state index is 11.2. The molecule has 0 bridgehead atoms. The number of rotatable bonds is 2. The van der Waals surface area contributed by atoms with Crippen LogP contribution in [-0.4, -0.2) is 42.0 Å². The molecule has 0 aliphatic carbocycles. The highest BCUT2D eigenvalue weighted by Gasteiger charge is 2.30. The average molecular weight is 328 g/mol. The summed E-state index contributed by atoms with van der Waals surface area (Å²) in [6, 6.07) is 6.02. The van der Waals surface area contributed by atoms with Gasteiger partial charge >= 0.3 is 0 Å². The molecule has 6 heteroatoms. The van der Waals surface area contributed by atoms with Gasteiger partial charge in [0.15, 0.2) is 0 Å². The van der Waals surface area contributed by atoms with Crippen LogP contribution in [0.4, 0.5) is 11.4 Å². The molecule has 1 aromatic rings. The highest BCUT2D eigenvalue weighted by molar-refractivity contribution is 9.10. The zero-order chi connectivity index (χ0) is 14.2. The van der Waals surface area contributed by atoms with Crippen LogP contribution in [0.1, 0.15) is 13.8 Å². The first-order valence-corrected chi connectivity index (χ1v) is 7.10. The highest BCUT2D eigenvalue weighted by Crippen LogP contribution is 2.33. The van der Waals surface area contributed by atoms with Crippen molar-refractivity contribution in [3.8, 4) is 0 Å². The Balaban J connectivity index is 2.34. The van der Waals surface area contributed by atoms with Crippen LogP contribution in [0.2, 0.25) is 0 Å². The van der Waals surface area contributed by atoms with E-state index in [2.05, 4.69) is 46.6 Å². The van der Waals surface area contributed by atoms with Crippen LogP contribution in [0.25, 0.3) is 0 Å². The summed E-state index contributed by atoms with van der Waals surface area (Å²) in [5.74, 6) is 0. The third-order valence-electron chi connectivity index (χ3n) is 3.83. The Kier molecular flexibility index (Phi) is 4.10. The Labute approximate surface area is 121 Å². The molecule has 19 heavy (non-hydrogen) atoms. The van der Waals surface area contributed by atoms with Crippen LogP contribution in [0.15, 0.2) is 22.7 Å². The number of piperazine rings is 1. The lowest BCUT2D eigenvalue weighted by atomic mass is 10.1. The Morgan fingerprint density at radius 2 is 1.89 bits per heavy atom. The topological polar surface area (TPSA) is 49.6 Å². The van der Waals surface area contributed by atoms with Gasteiger partial charge < -0.3 is 4.90 Å². The summed E-state index contributed by atoms with van der Waals surface area (Å²) in [5.41, 5.74) is 0.873. The Bertz CT molecular complexity index is 483. The van der Waals surface area contributed by atoms with E-state index in [0.717, 1.165) is 17.6 Å². The Morgan fingerprint density at radius 3 is 2.42 bits per heavy atom. The number of nitro groups is 1. The van der Waals surface area contributed by atoms with E-state index in [4.69, 9.17) is 0 Å². The molecule has 1 fully saturated rings. The van der Waals surface area contributed by atoms with Gasteiger partial charge in [-0.3, -0.25) is 15.0 Å². The SMILES string of the molecule is C[C@@H]1CN(c2ccc(Br)cc2[N+](=O)[O-])C[C@H](C)N1C. The van der Waals surface area contributed by atoms with Gasteiger partial charge in [0, 0.05) is 35.7 Å². The van der Waals surface area contributed by atoms with Crippen molar-refractivity contribution >= 4 is 27.3 Å². The molecule has 1 aliphatic heterocycles. The molecular formula is C13H18BrN3O2. The number of benzene rings is 1. The molecule has 2 rings (SSSR count). The third-order valence-corrected chi connectivity index (χ3v) is 4.33. The summed E-state index contributed by atoms with van der Waals surface area (Å²) in [6.07, 6.45) is 0. The second-order valence-corrected chi connectivity index (χ2v) is 6.07. The summed E-state index contributed by atoms with van der Waals surface area (Å²) >= 11 is 3.29. The van der Waals surface area contributed by atoms with E-state index in [9.17, 15) is 10.1 Å². The van der Waals surface area contributed by atoms with Crippen LogP contribution in [0.3, 0.4) is 0 Å². The van der Waals surface area contributed by atoms with Gasteiger partial charge in [-0.25, -0.2) is 0 Å². The number of hydrogen-bond acceptors (Lipinski definition) is 4. The minimum absolute atomic E-state index is 0.165. The fourth-order valence-electron chi connectivity index (χ4n) is 2.51. The fourth-order valence-corrected chi connectivity index (χ4v) is 2.86. The van der Waals surface area contributed by atoms with E-state index in [-0.39, 0.29) is 10.6 Å². The van der Waals surface area contributed by atoms with Crippen LogP contribution in [0.5, 0.6) is 0 Å². The molecule has 0 unspecified atom stereocenters. The summed E-state index contributed by atoms with van der Waals surface area (Å²) < 4.78 is 0.734. The first kappa shape index (κ1) is 14.3. The van der Waals surface area contributed by atoms with Gasteiger partial charge in [0.2, 0.25) is 0 Å². The quantitative estimate of drug-likeness (QED) is 0.619. The monoisotopic (exact) mass is 327 g/mol. The number of nitrogens with zero attached hydrogens (tertiary/aromatic N) is 3. The second-order valence-electron chi connectivity index (χ2n) is 5.16. The number of halogens is 1. The van der Waals surface area contributed by atoms with Crippen molar-refractivity contribution < 1.29 is 4.92 Å². The van der Waals surface area contributed by atoms with Gasteiger partial charge in [-0.15, -0.1) is 0 Å². The van der Waals surface area contributed by atoms with Crippen molar-refractivity contribution in [3.05, 3.63) is 32.8 Å². The minimum Gasteiger partial charge on any atom is -0.363 e. The first-order valence-electron chi connectivity index (χ1n) is 6.31. The zero-order valence-corrected chi connectivity index (χ0v) is 12.9. The van der Waals surface area contributed by atoms with Crippen LogP contribution >= 0.6 is 15.9 Å². The van der Waals surface area contributed by atoms with E-state index >= 15 is 0 Å². The number of anilines is 1.